The molecule has 0 radical (unpaired) electrons. The molecule has 0 atom stereocenters. The summed E-state index contributed by atoms with van der Waals surface area (Å²) in [5.41, 5.74) is 2.73. The molecule has 4 nitrogen and oxygen atoms in total. The fourth-order valence-electron chi connectivity index (χ4n) is 2.26. The van der Waals surface area contributed by atoms with Gasteiger partial charge in [0.15, 0.2) is 0 Å². The quantitative estimate of drug-likeness (QED) is 0.460. The van der Waals surface area contributed by atoms with Crippen LogP contribution in [0.25, 0.3) is 0 Å². The number of benzene rings is 2. The van der Waals surface area contributed by atoms with Crippen LogP contribution < -0.4 is 0 Å². The van der Waals surface area contributed by atoms with Crippen LogP contribution in [0.4, 0.5) is 0 Å². The Balaban J connectivity index is 2.16. The summed E-state index contributed by atoms with van der Waals surface area (Å²) < 4.78 is 0. The summed E-state index contributed by atoms with van der Waals surface area (Å²) in [6.07, 6.45) is 7.58. The number of phenols is 2. The Hall–Kier alpha value is -3.14. The van der Waals surface area contributed by atoms with E-state index in [2.05, 4.69) is 23.4 Å². The maximum Gasteiger partial charge on any atom is 0.127 e. The second-order valence-corrected chi connectivity index (χ2v) is 5.18. The second-order valence-electron chi connectivity index (χ2n) is 5.18. The molecular weight excluding hydrogens is 300 g/mol. The highest BCUT2D eigenvalue weighted by Crippen LogP contribution is 2.23. The molecule has 0 aliphatic heterocycles. The molecule has 4 heteroatoms. The van der Waals surface area contributed by atoms with E-state index in [0.29, 0.717) is 24.0 Å². The lowest BCUT2D eigenvalue weighted by Gasteiger charge is -2.04. The molecule has 24 heavy (non-hydrogen) atoms. The van der Waals surface area contributed by atoms with Crippen LogP contribution in [0.1, 0.15) is 22.3 Å². The number of rotatable bonds is 7. The van der Waals surface area contributed by atoms with E-state index in [1.54, 1.807) is 24.3 Å². The van der Waals surface area contributed by atoms with Gasteiger partial charge in [0.1, 0.15) is 11.5 Å². The molecule has 0 fully saturated rings. The van der Waals surface area contributed by atoms with Crippen molar-refractivity contribution < 1.29 is 10.2 Å². The van der Waals surface area contributed by atoms with E-state index >= 15 is 0 Å². The molecule has 0 bridgehead atoms. The van der Waals surface area contributed by atoms with Gasteiger partial charge in [-0.25, -0.2) is 0 Å². The third-order valence-electron chi connectivity index (χ3n) is 3.49. The average molecular weight is 320 g/mol. The number of hydrogen-bond donors (Lipinski definition) is 2. The minimum absolute atomic E-state index is 0.173. The minimum Gasteiger partial charge on any atom is -0.507 e. The highest BCUT2D eigenvalue weighted by atomic mass is 16.3. The van der Waals surface area contributed by atoms with Gasteiger partial charge in [-0.1, -0.05) is 36.4 Å². The number of allylic oxidation sites excluding steroid dienone is 2. The van der Waals surface area contributed by atoms with E-state index < -0.39 is 0 Å². The topological polar surface area (TPSA) is 65.2 Å². The first-order chi connectivity index (χ1) is 11.7. The predicted molar refractivity (Wildman–Crippen MR) is 99.2 cm³/mol. The molecular formula is C20H20N2O2. The van der Waals surface area contributed by atoms with Crippen molar-refractivity contribution in [3.63, 3.8) is 0 Å². The Labute approximate surface area is 141 Å². The van der Waals surface area contributed by atoms with Gasteiger partial charge >= 0.3 is 0 Å². The maximum atomic E-state index is 10.1. The molecule has 0 aliphatic rings. The molecule has 0 heterocycles. The zero-order valence-electron chi connectivity index (χ0n) is 13.4. The molecule has 0 amide bonds. The average Bonchev–Trinajstić information content (AvgIpc) is 2.58. The van der Waals surface area contributed by atoms with Gasteiger partial charge in [-0.3, -0.25) is 0 Å². The van der Waals surface area contributed by atoms with E-state index in [0.717, 1.165) is 11.1 Å². The molecule has 0 unspecified atom stereocenters. The van der Waals surface area contributed by atoms with Crippen LogP contribution in [0.2, 0.25) is 0 Å². The molecule has 122 valence electrons. The summed E-state index contributed by atoms with van der Waals surface area (Å²) in [5.74, 6) is 0.347. The van der Waals surface area contributed by atoms with E-state index in [-0.39, 0.29) is 11.5 Å². The lowest BCUT2D eigenvalue weighted by atomic mass is 10.1. The molecule has 0 saturated carbocycles. The van der Waals surface area contributed by atoms with Gasteiger partial charge < -0.3 is 10.2 Å². The smallest absolute Gasteiger partial charge is 0.127 e. The Morgan fingerprint density at radius 1 is 0.750 bits per heavy atom. The molecule has 2 aromatic carbocycles. The predicted octanol–water partition coefficient (Wildman–Crippen LogP) is 4.01. The number of aromatic hydroxyl groups is 2. The lowest BCUT2D eigenvalue weighted by Crippen LogP contribution is -1.89. The van der Waals surface area contributed by atoms with Crippen LogP contribution >= 0.6 is 0 Å². The zero-order chi connectivity index (χ0) is 17.4. The SMILES string of the molecule is C=CCc1cccc(/C=N\N=C/c2cccc(CC=C)c2O)c1O. The van der Waals surface area contributed by atoms with Crippen molar-refractivity contribution in [1.29, 1.82) is 0 Å². The Morgan fingerprint density at radius 3 is 1.54 bits per heavy atom. The first kappa shape index (κ1) is 17.2. The van der Waals surface area contributed by atoms with Crippen molar-refractivity contribution >= 4 is 12.4 Å². The van der Waals surface area contributed by atoms with E-state index in [4.69, 9.17) is 0 Å². The third kappa shape index (κ3) is 4.20. The van der Waals surface area contributed by atoms with Gasteiger partial charge in [0, 0.05) is 11.1 Å². The number of phenolic OH excluding ortho intramolecular Hbond substituents is 2. The summed E-state index contributed by atoms with van der Waals surface area (Å²) in [7, 11) is 0. The largest absolute Gasteiger partial charge is 0.507 e. The molecule has 0 aromatic heterocycles. The van der Waals surface area contributed by atoms with Crippen molar-refractivity contribution in [2.45, 2.75) is 12.8 Å². The van der Waals surface area contributed by atoms with Gasteiger partial charge in [-0.05, 0) is 36.1 Å². The van der Waals surface area contributed by atoms with Gasteiger partial charge in [0.25, 0.3) is 0 Å². The van der Waals surface area contributed by atoms with E-state index in [1.807, 2.05) is 24.3 Å². The molecule has 0 spiro atoms. The fraction of sp³-hybridized carbons (Fsp3) is 0.100. The summed E-state index contributed by atoms with van der Waals surface area (Å²) in [5, 5.41) is 28.2. The second kappa shape index (κ2) is 8.48. The highest BCUT2D eigenvalue weighted by Gasteiger charge is 2.04. The number of hydrogen-bond acceptors (Lipinski definition) is 4. The van der Waals surface area contributed by atoms with Gasteiger partial charge in [-0.15, -0.1) is 13.2 Å². The third-order valence-corrected chi connectivity index (χ3v) is 3.49. The van der Waals surface area contributed by atoms with Crippen molar-refractivity contribution in [2.75, 3.05) is 0 Å². The number of para-hydroxylation sites is 2. The summed E-state index contributed by atoms with van der Waals surface area (Å²) in [6, 6.07) is 10.9. The standard InChI is InChI=1S/C20H20N2O2/c1-3-7-15-9-5-11-17(19(15)23)13-21-22-14-18-12-6-10-16(8-4-2)20(18)24/h3-6,9-14,23-24H,1-2,7-8H2/b21-13-,22-14-. The number of nitrogens with zero attached hydrogens (tertiary/aromatic N) is 2. The van der Waals surface area contributed by atoms with Crippen molar-refractivity contribution in [3.05, 3.63) is 84.0 Å². The van der Waals surface area contributed by atoms with E-state index in [1.165, 1.54) is 12.4 Å². The highest BCUT2D eigenvalue weighted by molar-refractivity contribution is 5.87. The van der Waals surface area contributed by atoms with Crippen LogP contribution in [0.3, 0.4) is 0 Å². The van der Waals surface area contributed by atoms with Crippen molar-refractivity contribution in [1.82, 2.24) is 0 Å². The van der Waals surface area contributed by atoms with Crippen LogP contribution in [0.5, 0.6) is 11.5 Å². The molecule has 2 aromatic rings. The first-order valence-electron chi connectivity index (χ1n) is 7.57. The van der Waals surface area contributed by atoms with Crippen molar-refractivity contribution in [2.24, 2.45) is 10.2 Å². The van der Waals surface area contributed by atoms with Crippen LogP contribution in [0.15, 0.2) is 71.9 Å². The van der Waals surface area contributed by atoms with Crippen LogP contribution in [-0.4, -0.2) is 22.6 Å². The van der Waals surface area contributed by atoms with Crippen molar-refractivity contribution in [3.8, 4) is 11.5 Å². The first-order valence-corrected chi connectivity index (χ1v) is 7.57. The van der Waals surface area contributed by atoms with Crippen LogP contribution in [0, 0.1) is 0 Å². The van der Waals surface area contributed by atoms with Gasteiger partial charge in [0.05, 0.1) is 12.4 Å². The zero-order valence-corrected chi connectivity index (χ0v) is 13.4. The summed E-state index contributed by atoms with van der Waals surface area (Å²) in [4.78, 5) is 0. The Kier molecular flexibility index (Phi) is 6.08. The molecule has 0 aliphatic carbocycles. The lowest BCUT2D eigenvalue weighted by molar-refractivity contribution is 0.468. The fourth-order valence-corrected chi connectivity index (χ4v) is 2.26. The summed E-state index contributed by atoms with van der Waals surface area (Å²) in [6.45, 7) is 7.33. The minimum atomic E-state index is 0.173. The molecule has 2 rings (SSSR count). The van der Waals surface area contributed by atoms with Gasteiger partial charge in [-0.2, -0.15) is 10.2 Å². The molecule has 0 saturated heterocycles. The molecule has 2 N–H and O–H groups in total. The van der Waals surface area contributed by atoms with Crippen LogP contribution in [-0.2, 0) is 12.8 Å². The normalized spacial score (nSPS) is 11.2. The maximum absolute atomic E-state index is 10.1. The Morgan fingerprint density at radius 2 is 1.17 bits per heavy atom. The monoisotopic (exact) mass is 320 g/mol. The Bertz CT molecular complexity index is 725. The summed E-state index contributed by atoms with van der Waals surface area (Å²) >= 11 is 0. The van der Waals surface area contributed by atoms with Gasteiger partial charge in [0.2, 0.25) is 0 Å². The van der Waals surface area contributed by atoms with E-state index in [9.17, 15) is 10.2 Å².